The molecular formula is C15H26N2O2. The van der Waals surface area contributed by atoms with Crippen LogP contribution in [0.15, 0.2) is 12.1 Å². The van der Waals surface area contributed by atoms with Crippen molar-refractivity contribution in [1.82, 2.24) is 5.32 Å². The Kier molecular flexibility index (Phi) is 5.96. The first kappa shape index (κ1) is 15.6. The standard InChI is InChI=1S/C15H26N2O2/c1-11(2)16-9-10-17(4)13-7-8-14(18-5)12(3)15(13)19-6/h7-8,11,16H,9-10H2,1-6H3. The lowest BCUT2D eigenvalue weighted by molar-refractivity contribution is 0.389. The van der Waals surface area contributed by atoms with Gasteiger partial charge in [0, 0.05) is 31.7 Å². The van der Waals surface area contributed by atoms with E-state index in [4.69, 9.17) is 9.47 Å². The van der Waals surface area contributed by atoms with Gasteiger partial charge in [0.1, 0.15) is 11.5 Å². The molecule has 1 rings (SSSR count). The van der Waals surface area contributed by atoms with Crippen molar-refractivity contribution < 1.29 is 9.47 Å². The summed E-state index contributed by atoms with van der Waals surface area (Å²) in [5, 5.41) is 3.41. The third kappa shape index (κ3) is 4.03. The van der Waals surface area contributed by atoms with Gasteiger partial charge in [0.05, 0.1) is 19.9 Å². The van der Waals surface area contributed by atoms with E-state index in [-0.39, 0.29) is 0 Å². The highest BCUT2D eigenvalue weighted by Crippen LogP contribution is 2.36. The molecule has 0 amide bonds. The van der Waals surface area contributed by atoms with Crippen molar-refractivity contribution in [2.45, 2.75) is 26.8 Å². The van der Waals surface area contributed by atoms with Crippen LogP contribution in [0, 0.1) is 6.92 Å². The van der Waals surface area contributed by atoms with Gasteiger partial charge in [0.2, 0.25) is 0 Å². The van der Waals surface area contributed by atoms with Crippen LogP contribution in [-0.2, 0) is 0 Å². The molecule has 0 radical (unpaired) electrons. The number of nitrogens with one attached hydrogen (secondary N) is 1. The zero-order chi connectivity index (χ0) is 14.4. The van der Waals surface area contributed by atoms with E-state index in [9.17, 15) is 0 Å². The van der Waals surface area contributed by atoms with Gasteiger partial charge in [-0.2, -0.15) is 0 Å². The van der Waals surface area contributed by atoms with Crippen molar-refractivity contribution >= 4 is 5.69 Å². The van der Waals surface area contributed by atoms with Gasteiger partial charge in [-0.15, -0.1) is 0 Å². The smallest absolute Gasteiger partial charge is 0.148 e. The van der Waals surface area contributed by atoms with E-state index in [1.807, 2.05) is 19.1 Å². The topological polar surface area (TPSA) is 33.7 Å². The van der Waals surface area contributed by atoms with Crippen molar-refractivity contribution in [3.05, 3.63) is 17.7 Å². The van der Waals surface area contributed by atoms with E-state index in [0.29, 0.717) is 6.04 Å². The fraction of sp³-hybridized carbons (Fsp3) is 0.600. The predicted molar refractivity (Wildman–Crippen MR) is 80.7 cm³/mol. The van der Waals surface area contributed by atoms with Crippen molar-refractivity contribution in [1.29, 1.82) is 0 Å². The molecule has 108 valence electrons. The third-order valence-electron chi connectivity index (χ3n) is 3.17. The van der Waals surface area contributed by atoms with Crippen molar-refractivity contribution in [3.8, 4) is 11.5 Å². The van der Waals surface area contributed by atoms with E-state index < -0.39 is 0 Å². The van der Waals surface area contributed by atoms with Crippen LogP contribution in [0.25, 0.3) is 0 Å². The molecule has 0 atom stereocenters. The Morgan fingerprint density at radius 3 is 2.42 bits per heavy atom. The number of anilines is 1. The van der Waals surface area contributed by atoms with Gasteiger partial charge in [-0.1, -0.05) is 13.8 Å². The minimum atomic E-state index is 0.507. The maximum Gasteiger partial charge on any atom is 0.148 e. The Morgan fingerprint density at radius 2 is 1.89 bits per heavy atom. The molecule has 0 heterocycles. The zero-order valence-corrected chi connectivity index (χ0v) is 12.9. The molecule has 0 saturated carbocycles. The Balaban J connectivity index is 2.84. The van der Waals surface area contributed by atoms with Crippen LogP contribution in [0.5, 0.6) is 11.5 Å². The second-order valence-electron chi connectivity index (χ2n) is 4.98. The van der Waals surface area contributed by atoms with Crippen LogP contribution >= 0.6 is 0 Å². The van der Waals surface area contributed by atoms with E-state index in [2.05, 4.69) is 31.1 Å². The fourth-order valence-corrected chi connectivity index (χ4v) is 2.08. The SMILES string of the molecule is COc1ccc(N(C)CCNC(C)C)c(OC)c1C. The van der Waals surface area contributed by atoms with Crippen LogP contribution in [0.3, 0.4) is 0 Å². The summed E-state index contributed by atoms with van der Waals surface area (Å²) in [5.41, 5.74) is 2.12. The molecule has 4 nitrogen and oxygen atoms in total. The van der Waals surface area contributed by atoms with Gasteiger partial charge in [0.25, 0.3) is 0 Å². The van der Waals surface area contributed by atoms with Gasteiger partial charge >= 0.3 is 0 Å². The molecule has 0 unspecified atom stereocenters. The van der Waals surface area contributed by atoms with E-state index in [0.717, 1.165) is 35.8 Å². The number of likely N-dealkylation sites (N-methyl/N-ethyl adjacent to an activating group) is 1. The van der Waals surface area contributed by atoms with Gasteiger partial charge in [0.15, 0.2) is 0 Å². The van der Waals surface area contributed by atoms with Gasteiger partial charge in [-0.05, 0) is 19.1 Å². The lowest BCUT2D eigenvalue weighted by Gasteiger charge is -2.24. The number of benzene rings is 1. The van der Waals surface area contributed by atoms with Crippen LogP contribution in [0.2, 0.25) is 0 Å². The molecule has 0 bridgehead atoms. The third-order valence-corrected chi connectivity index (χ3v) is 3.17. The highest BCUT2D eigenvalue weighted by atomic mass is 16.5. The van der Waals surface area contributed by atoms with E-state index in [1.165, 1.54) is 0 Å². The second-order valence-corrected chi connectivity index (χ2v) is 4.98. The highest BCUT2D eigenvalue weighted by molar-refractivity contribution is 5.65. The van der Waals surface area contributed by atoms with Crippen LogP contribution in [-0.4, -0.2) is 40.4 Å². The molecule has 1 aromatic carbocycles. The van der Waals surface area contributed by atoms with E-state index in [1.54, 1.807) is 14.2 Å². The Labute approximate surface area is 116 Å². The number of hydrogen-bond acceptors (Lipinski definition) is 4. The maximum atomic E-state index is 5.53. The number of nitrogens with zero attached hydrogens (tertiary/aromatic N) is 1. The second kappa shape index (κ2) is 7.24. The lowest BCUT2D eigenvalue weighted by Crippen LogP contribution is -2.33. The number of rotatable bonds is 7. The Hall–Kier alpha value is -1.42. The Bertz CT molecular complexity index is 405. The van der Waals surface area contributed by atoms with Crippen LogP contribution in [0.1, 0.15) is 19.4 Å². The molecule has 0 aliphatic heterocycles. The average molecular weight is 266 g/mol. The van der Waals surface area contributed by atoms with Gasteiger partial charge < -0.3 is 19.7 Å². The average Bonchev–Trinajstić information content (AvgIpc) is 2.37. The molecule has 0 spiro atoms. The molecule has 0 aliphatic rings. The first-order valence-electron chi connectivity index (χ1n) is 6.67. The number of methoxy groups -OCH3 is 2. The Morgan fingerprint density at radius 1 is 1.21 bits per heavy atom. The van der Waals surface area contributed by atoms with Crippen LogP contribution < -0.4 is 19.7 Å². The molecule has 4 heteroatoms. The van der Waals surface area contributed by atoms with Gasteiger partial charge in [-0.3, -0.25) is 0 Å². The quantitative estimate of drug-likeness (QED) is 0.822. The zero-order valence-electron chi connectivity index (χ0n) is 12.9. The van der Waals surface area contributed by atoms with Gasteiger partial charge in [-0.25, -0.2) is 0 Å². The summed E-state index contributed by atoms with van der Waals surface area (Å²) in [6, 6.07) is 4.53. The largest absolute Gasteiger partial charge is 0.496 e. The molecule has 0 fully saturated rings. The first-order chi connectivity index (χ1) is 9.01. The van der Waals surface area contributed by atoms with E-state index >= 15 is 0 Å². The summed E-state index contributed by atoms with van der Waals surface area (Å²) in [6.07, 6.45) is 0. The summed E-state index contributed by atoms with van der Waals surface area (Å²) >= 11 is 0. The lowest BCUT2D eigenvalue weighted by atomic mass is 10.1. The highest BCUT2D eigenvalue weighted by Gasteiger charge is 2.14. The molecule has 1 N–H and O–H groups in total. The predicted octanol–water partition coefficient (Wildman–Crippen LogP) is 2.45. The first-order valence-corrected chi connectivity index (χ1v) is 6.67. The van der Waals surface area contributed by atoms with Crippen molar-refractivity contribution in [2.24, 2.45) is 0 Å². The molecule has 19 heavy (non-hydrogen) atoms. The normalized spacial score (nSPS) is 10.7. The summed E-state index contributed by atoms with van der Waals surface area (Å²) in [6.45, 7) is 8.19. The minimum absolute atomic E-state index is 0.507. The monoisotopic (exact) mass is 266 g/mol. The maximum absolute atomic E-state index is 5.53. The summed E-state index contributed by atoms with van der Waals surface area (Å²) in [7, 11) is 5.45. The van der Waals surface area contributed by atoms with Crippen molar-refractivity contribution in [3.63, 3.8) is 0 Å². The fourth-order valence-electron chi connectivity index (χ4n) is 2.08. The van der Waals surface area contributed by atoms with Crippen molar-refractivity contribution in [2.75, 3.05) is 39.3 Å². The molecular weight excluding hydrogens is 240 g/mol. The number of hydrogen-bond donors (Lipinski definition) is 1. The van der Waals surface area contributed by atoms with Crippen LogP contribution in [0.4, 0.5) is 5.69 Å². The molecule has 1 aromatic rings. The summed E-state index contributed by atoms with van der Waals surface area (Å²) in [5.74, 6) is 1.74. The minimum Gasteiger partial charge on any atom is -0.496 e. The molecule has 0 aliphatic carbocycles. The molecule has 0 aromatic heterocycles. The number of ether oxygens (including phenoxy) is 2. The summed E-state index contributed by atoms with van der Waals surface area (Å²) in [4.78, 5) is 2.20. The summed E-state index contributed by atoms with van der Waals surface area (Å²) < 4.78 is 10.8. The molecule has 0 saturated heterocycles.